The van der Waals surface area contributed by atoms with E-state index < -0.39 is 6.04 Å². The summed E-state index contributed by atoms with van der Waals surface area (Å²) < 4.78 is 1.51. The molecule has 1 aromatic heterocycles. The topological polar surface area (TPSA) is 72.7 Å². The number of amides is 1. The highest BCUT2D eigenvalue weighted by Gasteiger charge is 2.24. The standard InChI is InChI=1S/C24H23N5O/c1-18(20-12-14-22(15-13-20)21-10-6-3-7-11-21)26-24(30)23(29-17-25-27-28-29)16-19-8-4-2-5-9-19/h2-15,17-18,23H,16H2,1H3,(H,26,30). The van der Waals surface area contributed by atoms with Crippen LogP contribution in [0.4, 0.5) is 0 Å². The third kappa shape index (κ3) is 4.60. The molecule has 0 saturated carbocycles. The Labute approximate surface area is 175 Å². The number of benzene rings is 3. The van der Waals surface area contributed by atoms with Crippen LogP contribution in [0.2, 0.25) is 0 Å². The minimum Gasteiger partial charge on any atom is -0.348 e. The summed E-state index contributed by atoms with van der Waals surface area (Å²) in [4.78, 5) is 13.1. The molecule has 1 amide bonds. The second-order valence-electron chi connectivity index (χ2n) is 7.21. The lowest BCUT2D eigenvalue weighted by Crippen LogP contribution is -2.35. The number of nitrogens with one attached hydrogen (secondary N) is 1. The molecule has 4 aromatic rings. The predicted octanol–water partition coefficient (Wildman–Crippen LogP) is 4.00. The number of carbonyl (C=O) groups is 1. The zero-order valence-corrected chi connectivity index (χ0v) is 16.7. The van der Waals surface area contributed by atoms with Crippen molar-refractivity contribution in [1.29, 1.82) is 0 Å². The summed E-state index contributed by atoms with van der Waals surface area (Å²) in [5, 5.41) is 14.5. The van der Waals surface area contributed by atoms with Gasteiger partial charge in [-0.15, -0.1) is 5.10 Å². The minimum absolute atomic E-state index is 0.120. The Bertz CT molecular complexity index is 1060. The van der Waals surface area contributed by atoms with E-state index >= 15 is 0 Å². The van der Waals surface area contributed by atoms with Crippen molar-refractivity contribution >= 4 is 5.91 Å². The van der Waals surface area contributed by atoms with Crippen LogP contribution < -0.4 is 5.32 Å². The fraction of sp³-hybridized carbons (Fsp3) is 0.167. The number of hydrogen-bond donors (Lipinski definition) is 1. The normalized spacial score (nSPS) is 12.8. The van der Waals surface area contributed by atoms with Gasteiger partial charge in [0.2, 0.25) is 5.91 Å². The van der Waals surface area contributed by atoms with Crippen molar-refractivity contribution in [1.82, 2.24) is 25.5 Å². The maximum absolute atomic E-state index is 13.1. The average Bonchev–Trinajstić information content (AvgIpc) is 3.33. The molecule has 2 atom stereocenters. The second-order valence-corrected chi connectivity index (χ2v) is 7.21. The molecule has 1 heterocycles. The molecule has 0 aliphatic heterocycles. The molecular weight excluding hydrogens is 374 g/mol. The van der Waals surface area contributed by atoms with Gasteiger partial charge in [-0.3, -0.25) is 4.79 Å². The molecular formula is C24H23N5O. The Morgan fingerprint density at radius 1 is 0.900 bits per heavy atom. The van der Waals surface area contributed by atoms with Crippen LogP contribution in [0.15, 0.2) is 91.3 Å². The van der Waals surface area contributed by atoms with Crippen molar-refractivity contribution in [2.24, 2.45) is 0 Å². The third-order valence-corrected chi connectivity index (χ3v) is 5.14. The van der Waals surface area contributed by atoms with Crippen molar-refractivity contribution in [3.8, 4) is 11.1 Å². The number of tetrazole rings is 1. The summed E-state index contributed by atoms with van der Waals surface area (Å²) in [7, 11) is 0. The molecule has 3 aromatic carbocycles. The zero-order chi connectivity index (χ0) is 20.8. The average molecular weight is 397 g/mol. The van der Waals surface area contributed by atoms with E-state index in [2.05, 4.69) is 57.2 Å². The molecule has 4 rings (SSSR count). The lowest BCUT2D eigenvalue weighted by molar-refractivity contribution is -0.125. The Kier molecular flexibility index (Phi) is 5.94. The van der Waals surface area contributed by atoms with Crippen LogP contribution in [0.5, 0.6) is 0 Å². The summed E-state index contributed by atoms with van der Waals surface area (Å²) in [6, 6.07) is 27.7. The Morgan fingerprint density at radius 3 is 2.17 bits per heavy atom. The second kappa shape index (κ2) is 9.13. The van der Waals surface area contributed by atoms with Gasteiger partial charge in [0.15, 0.2) is 0 Å². The molecule has 6 nitrogen and oxygen atoms in total. The number of hydrogen-bond acceptors (Lipinski definition) is 4. The van der Waals surface area contributed by atoms with Crippen LogP contribution >= 0.6 is 0 Å². The highest BCUT2D eigenvalue weighted by molar-refractivity contribution is 5.81. The zero-order valence-electron chi connectivity index (χ0n) is 16.7. The molecule has 6 heteroatoms. The summed E-state index contributed by atoms with van der Waals surface area (Å²) in [6.07, 6.45) is 1.99. The van der Waals surface area contributed by atoms with Gasteiger partial charge in [0.1, 0.15) is 12.4 Å². The third-order valence-electron chi connectivity index (χ3n) is 5.14. The molecule has 150 valence electrons. The van der Waals surface area contributed by atoms with E-state index in [1.165, 1.54) is 16.6 Å². The first kappa shape index (κ1) is 19.5. The maximum Gasteiger partial charge on any atom is 0.245 e. The van der Waals surface area contributed by atoms with Gasteiger partial charge in [-0.1, -0.05) is 84.9 Å². The summed E-state index contributed by atoms with van der Waals surface area (Å²) in [6.45, 7) is 1.98. The Morgan fingerprint density at radius 2 is 1.53 bits per heavy atom. The SMILES string of the molecule is CC(NC(=O)C(Cc1ccccc1)n1cnnn1)c1ccc(-c2ccccc2)cc1. The van der Waals surface area contributed by atoms with Gasteiger partial charge in [0, 0.05) is 6.42 Å². The molecule has 0 aliphatic rings. The lowest BCUT2D eigenvalue weighted by Gasteiger charge is -2.20. The van der Waals surface area contributed by atoms with E-state index in [9.17, 15) is 4.79 Å². The molecule has 0 radical (unpaired) electrons. The summed E-state index contributed by atoms with van der Waals surface area (Å²) in [5.41, 5.74) is 4.40. The van der Waals surface area contributed by atoms with Crippen LogP contribution in [0.3, 0.4) is 0 Å². The molecule has 2 unspecified atom stereocenters. The molecule has 0 aliphatic carbocycles. The van der Waals surface area contributed by atoms with Crippen molar-refractivity contribution in [3.05, 3.63) is 102 Å². The largest absolute Gasteiger partial charge is 0.348 e. The Hall–Kier alpha value is -3.80. The van der Waals surface area contributed by atoms with Crippen LogP contribution in [-0.2, 0) is 11.2 Å². The molecule has 30 heavy (non-hydrogen) atoms. The van der Waals surface area contributed by atoms with Crippen molar-refractivity contribution < 1.29 is 4.79 Å². The predicted molar refractivity (Wildman–Crippen MR) is 115 cm³/mol. The number of carbonyl (C=O) groups excluding carboxylic acids is 1. The van der Waals surface area contributed by atoms with Crippen molar-refractivity contribution in [2.75, 3.05) is 0 Å². The summed E-state index contributed by atoms with van der Waals surface area (Å²) in [5.74, 6) is -0.120. The number of aromatic nitrogens is 4. The van der Waals surface area contributed by atoms with Gasteiger partial charge in [-0.05, 0) is 39.6 Å². The maximum atomic E-state index is 13.1. The number of rotatable bonds is 7. The fourth-order valence-electron chi connectivity index (χ4n) is 3.44. The van der Waals surface area contributed by atoms with E-state index in [0.29, 0.717) is 6.42 Å². The van der Waals surface area contributed by atoms with Crippen LogP contribution in [0, 0.1) is 0 Å². The number of nitrogens with zero attached hydrogens (tertiary/aromatic N) is 4. The lowest BCUT2D eigenvalue weighted by atomic mass is 10.0. The van der Waals surface area contributed by atoms with E-state index in [-0.39, 0.29) is 11.9 Å². The molecule has 0 spiro atoms. The molecule has 0 saturated heterocycles. The summed E-state index contributed by atoms with van der Waals surface area (Å²) >= 11 is 0. The monoisotopic (exact) mass is 397 g/mol. The highest BCUT2D eigenvalue weighted by atomic mass is 16.2. The molecule has 0 fully saturated rings. The van der Waals surface area contributed by atoms with Crippen LogP contribution in [0.25, 0.3) is 11.1 Å². The fourth-order valence-corrected chi connectivity index (χ4v) is 3.44. The van der Waals surface area contributed by atoms with Gasteiger partial charge in [0.25, 0.3) is 0 Å². The van der Waals surface area contributed by atoms with E-state index in [1.54, 1.807) is 0 Å². The van der Waals surface area contributed by atoms with E-state index in [0.717, 1.165) is 16.7 Å². The first-order valence-corrected chi connectivity index (χ1v) is 9.93. The van der Waals surface area contributed by atoms with Crippen LogP contribution in [0.1, 0.15) is 30.1 Å². The smallest absolute Gasteiger partial charge is 0.245 e. The van der Waals surface area contributed by atoms with Gasteiger partial charge in [-0.25, -0.2) is 4.68 Å². The Balaban J connectivity index is 1.48. The minimum atomic E-state index is -0.520. The van der Waals surface area contributed by atoms with Gasteiger partial charge >= 0.3 is 0 Å². The first-order valence-electron chi connectivity index (χ1n) is 9.93. The van der Waals surface area contributed by atoms with E-state index in [4.69, 9.17) is 0 Å². The molecule has 0 bridgehead atoms. The highest BCUT2D eigenvalue weighted by Crippen LogP contribution is 2.22. The van der Waals surface area contributed by atoms with Crippen molar-refractivity contribution in [2.45, 2.75) is 25.4 Å². The van der Waals surface area contributed by atoms with Gasteiger partial charge < -0.3 is 5.32 Å². The first-order chi connectivity index (χ1) is 14.7. The van der Waals surface area contributed by atoms with Crippen LogP contribution in [-0.4, -0.2) is 26.1 Å². The van der Waals surface area contributed by atoms with Crippen molar-refractivity contribution in [3.63, 3.8) is 0 Å². The van der Waals surface area contributed by atoms with Gasteiger partial charge in [0.05, 0.1) is 6.04 Å². The van der Waals surface area contributed by atoms with Gasteiger partial charge in [-0.2, -0.15) is 0 Å². The molecule has 1 N–H and O–H groups in total. The van der Waals surface area contributed by atoms with E-state index in [1.807, 2.05) is 55.5 Å². The quantitative estimate of drug-likeness (QED) is 0.512.